The molecule has 7 N–H and O–H groups in total. The van der Waals surface area contributed by atoms with Gasteiger partial charge in [-0.25, -0.2) is 4.79 Å². The Kier molecular flexibility index (Phi) is 12.3. The van der Waals surface area contributed by atoms with E-state index in [1.807, 2.05) is 6.92 Å². The second kappa shape index (κ2) is 15.8. The van der Waals surface area contributed by atoms with E-state index in [2.05, 4.69) is 0 Å². The molecular formula is C29H40O17. The number of phenolic OH excluding ortho intramolecular Hbond substituents is 1. The van der Waals surface area contributed by atoms with Crippen molar-refractivity contribution in [3.8, 4) is 11.5 Å². The Morgan fingerprint density at radius 1 is 0.935 bits per heavy atom. The van der Waals surface area contributed by atoms with Gasteiger partial charge in [0.05, 0.1) is 20.3 Å². The third-order valence-corrected chi connectivity index (χ3v) is 7.69. The van der Waals surface area contributed by atoms with Crippen molar-refractivity contribution in [3.63, 3.8) is 0 Å². The van der Waals surface area contributed by atoms with Crippen molar-refractivity contribution in [2.75, 3.05) is 26.9 Å². The molecule has 17 heteroatoms. The van der Waals surface area contributed by atoms with Crippen LogP contribution in [0, 0.1) is 0 Å². The number of hydrogen-bond donors (Lipinski definition) is 7. The number of benzene rings is 1. The first-order valence-electron chi connectivity index (χ1n) is 14.5. The van der Waals surface area contributed by atoms with Crippen LogP contribution in [0.2, 0.25) is 0 Å². The van der Waals surface area contributed by atoms with Gasteiger partial charge in [0.1, 0.15) is 55.4 Å². The van der Waals surface area contributed by atoms with Gasteiger partial charge >= 0.3 is 11.9 Å². The number of esters is 2. The summed E-state index contributed by atoms with van der Waals surface area (Å²) < 4.78 is 42.9. The number of aliphatic hydroxyl groups is 6. The maximum atomic E-state index is 12.7. The molecule has 1 aromatic carbocycles. The molecule has 0 unspecified atom stereocenters. The first-order valence-corrected chi connectivity index (χ1v) is 14.5. The molecule has 17 nitrogen and oxygen atoms in total. The van der Waals surface area contributed by atoms with Crippen LogP contribution in [0.4, 0.5) is 0 Å². The Morgan fingerprint density at radius 3 is 2.35 bits per heavy atom. The normalized spacial score (nSPS) is 36.7. The summed E-state index contributed by atoms with van der Waals surface area (Å²) in [4.78, 5) is 24.5. The number of allylic oxidation sites excluding steroid dienone is 1. The quantitative estimate of drug-likeness (QED) is 0.0971. The van der Waals surface area contributed by atoms with Gasteiger partial charge in [0.25, 0.3) is 0 Å². The minimum atomic E-state index is -1.73. The number of rotatable bonds is 11. The van der Waals surface area contributed by atoms with Gasteiger partial charge in [-0.05, 0) is 29.7 Å². The number of phenols is 1. The fourth-order valence-corrected chi connectivity index (χ4v) is 5.17. The molecule has 0 spiro atoms. The Bertz CT molecular complexity index is 1220. The van der Waals surface area contributed by atoms with E-state index in [1.165, 1.54) is 19.3 Å². The van der Waals surface area contributed by atoms with Crippen molar-refractivity contribution in [2.24, 2.45) is 0 Å². The first kappa shape index (κ1) is 35.9. The summed E-state index contributed by atoms with van der Waals surface area (Å²) >= 11 is 0. The molecule has 0 bridgehead atoms. The molecule has 3 aliphatic rings. The van der Waals surface area contributed by atoms with Crippen molar-refractivity contribution in [2.45, 2.75) is 94.1 Å². The maximum Gasteiger partial charge on any atom is 0.331 e. The molecule has 46 heavy (non-hydrogen) atoms. The lowest BCUT2D eigenvalue weighted by Crippen LogP contribution is -2.60. The van der Waals surface area contributed by atoms with Crippen LogP contribution in [0.5, 0.6) is 11.5 Å². The summed E-state index contributed by atoms with van der Waals surface area (Å²) in [6.07, 6.45) is -16.5. The number of carbonyl (C=O) groups excluding carboxylic acids is 2. The molecule has 258 valence electrons. The SMILES string of the molecule is CC/C(=C\C(=O)OC[C@@H]1O[C@@H](O[C@@H]2[C@@H](O)[C@H](O[C@@H]3CO[C@H](O)[C@H](O)[C@H]3O)OC[C@H]2O)[C@H](OC(C)=O)[C@H]1O)c1ccc(O)c(OC)c1. The Balaban J connectivity index is 1.41. The lowest BCUT2D eigenvalue weighted by Gasteiger charge is -2.42. The topological polar surface area (TPSA) is 250 Å². The molecule has 1 aromatic rings. The number of aromatic hydroxyl groups is 1. The zero-order valence-corrected chi connectivity index (χ0v) is 25.3. The fraction of sp³-hybridized carbons (Fsp3) is 0.655. The highest BCUT2D eigenvalue weighted by molar-refractivity contribution is 5.91. The third-order valence-electron chi connectivity index (χ3n) is 7.69. The molecule has 3 heterocycles. The molecule has 0 saturated carbocycles. The van der Waals surface area contributed by atoms with Crippen LogP contribution in [0.25, 0.3) is 5.57 Å². The van der Waals surface area contributed by atoms with E-state index >= 15 is 0 Å². The second-order valence-electron chi connectivity index (χ2n) is 10.9. The molecule has 3 fully saturated rings. The summed E-state index contributed by atoms with van der Waals surface area (Å²) in [6, 6.07) is 4.58. The van der Waals surface area contributed by atoms with E-state index in [1.54, 1.807) is 12.1 Å². The zero-order chi connectivity index (χ0) is 33.7. The molecule has 12 atom stereocenters. The van der Waals surface area contributed by atoms with Crippen LogP contribution in [-0.2, 0) is 42.7 Å². The molecule has 3 saturated heterocycles. The van der Waals surface area contributed by atoms with Crippen LogP contribution in [-0.4, -0.2) is 148 Å². The zero-order valence-electron chi connectivity index (χ0n) is 25.3. The lowest BCUT2D eigenvalue weighted by atomic mass is 10.0. The molecule has 0 radical (unpaired) electrons. The molecular weight excluding hydrogens is 620 g/mol. The summed E-state index contributed by atoms with van der Waals surface area (Å²) in [5, 5.41) is 71.8. The van der Waals surface area contributed by atoms with Crippen LogP contribution in [0.1, 0.15) is 25.8 Å². The smallest absolute Gasteiger partial charge is 0.331 e. The average Bonchev–Trinajstić information content (AvgIpc) is 3.31. The maximum absolute atomic E-state index is 12.7. The van der Waals surface area contributed by atoms with E-state index in [-0.39, 0.29) is 18.1 Å². The highest BCUT2D eigenvalue weighted by Crippen LogP contribution is 2.32. The second-order valence-corrected chi connectivity index (χ2v) is 10.9. The molecule has 0 aromatic heterocycles. The molecule has 4 rings (SSSR count). The number of methoxy groups -OCH3 is 1. The lowest BCUT2D eigenvalue weighted by molar-refractivity contribution is -0.339. The minimum absolute atomic E-state index is 0.0715. The van der Waals surface area contributed by atoms with Gasteiger partial charge in [-0.15, -0.1) is 0 Å². The average molecular weight is 661 g/mol. The monoisotopic (exact) mass is 660 g/mol. The van der Waals surface area contributed by atoms with Crippen LogP contribution in [0.15, 0.2) is 24.3 Å². The summed E-state index contributed by atoms with van der Waals surface area (Å²) in [6.45, 7) is 1.61. The van der Waals surface area contributed by atoms with E-state index in [9.17, 15) is 45.3 Å². The number of hydrogen-bond acceptors (Lipinski definition) is 17. The highest BCUT2D eigenvalue weighted by atomic mass is 16.8. The summed E-state index contributed by atoms with van der Waals surface area (Å²) in [7, 11) is 1.39. The minimum Gasteiger partial charge on any atom is -0.504 e. The highest BCUT2D eigenvalue weighted by Gasteiger charge is 2.52. The summed E-state index contributed by atoms with van der Waals surface area (Å²) in [5.41, 5.74) is 1.16. The fourth-order valence-electron chi connectivity index (χ4n) is 5.17. The number of aliphatic hydroxyl groups excluding tert-OH is 6. The molecule has 3 aliphatic heterocycles. The number of ether oxygens (including phenoxy) is 8. The molecule has 0 amide bonds. The predicted molar refractivity (Wildman–Crippen MR) is 150 cm³/mol. The van der Waals surface area contributed by atoms with Gasteiger partial charge in [-0.1, -0.05) is 13.0 Å². The van der Waals surface area contributed by atoms with Crippen LogP contribution < -0.4 is 4.74 Å². The largest absolute Gasteiger partial charge is 0.504 e. The van der Waals surface area contributed by atoms with Crippen molar-refractivity contribution in [1.29, 1.82) is 0 Å². The van der Waals surface area contributed by atoms with Crippen molar-refractivity contribution in [1.82, 2.24) is 0 Å². The number of carbonyl (C=O) groups is 2. The first-order chi connectivity index (χ1) is 21.8. The van der Waals surface area contributed by atoms with Gasteiger partial charge in [-0.3, -0.25) is 4.79 Å². The standard InChI is InChI=1S/C29H40O17/c1-4-13(14-5-6-15(31)17(7-14)39-3)8-20(33)40-10-19-22(35)26(43-12(2)30)29(45-19)46-25-16(32)9-42-28(24(25)37)44-18-11-41-27(38)23(36)21(18)34/h5-8,16,18-19,21-29,31-32,34-38H,4,9-11H2,1-3H3/b13-8+/t16-,18-,19+,21+,22+,23-,24-,25+,26-,27+,28+,29+/m1/s1. The van der Waals surface area contributed by atoms with Crippen LogP contribution in [0.3, 0.4) is 0 Å². The van der Waals surface area contributed by atoms with E-state index in [0.29, 0.717) is 17.6 Å². The Labute approximate surface area is 263 Å². The Morgan fingerprint density at radius 2 is 1.67 bits per heavy atom. The van der Waals surface area contributed by atoms with E-state index in [0.717, 1.165) is 6.92 Å². The van der Waals surface area contributed by atoms with Gasteiger partial charge in [0.2, 0.25) is 0 Å². The van der Waals surface area contributed by atoms with E-state index < -0.39 is 99.0 Å². The van der Waals surface area contributed by atoms with Gasteiger partial charge in [0.15, 0.2) is 36.5 Å². The van der Waals surface area contributed by atoms with Gasteiger partial charge in [0, 0.05) is 13.0 Å². The molecule has 0 aliphatic carbocycles. The third kappa shape index (κ3) is 8.31. The summed E-state index contributed by atoms with van der Waals surface area (Å²) in [5.74, 6) is -1.44. The van der Waals surface area contributed by atoms with E-state index in [4.69, 9.17) is 37.9 Å². The van der Waals surface area contributed by atoms with Gasteiger partial charge < -0.3 is 73.6 Å². The van der Waals surface area contributed by atoms with Crippen molar-refractivity contribution >= 4 is 17.5 Å². The van der Waals surface area contributed by atoms with Crippen molar-refractivity contribution < 1.29 is 83.2 Å². The Hall–Kier alpha value is -2.94. The van der Waals surface area contributed by atoms with Crippen LogP contribution >= 0.6 is 0 Å². The predicted octanol–water partition coefficient (Wildman–Crippen LogP) is -2.33. The van der Waals surface area contributed by atoms with Gasteiger partial charge in [-0.2, -0.15) is 0 Å². The van der Waals surface area contributed by atoms with Crippen molar-refractivity contribution in [3.05, 3.63) is 29.8 Å².